The summed E-state index contributed by atoms with van der Waals surface area (Å²) in [6.07, 6.45) is 1.51. The zero-order chi connectivity index (χ0) is 17.3. The van der Waals surface area contributed by atoms with Gasteiger partial charge >= 0.3 is 6.03 Å². The summed E-state index contributed by atoms with van der Waals surface area (Å²) in [7, 11) is 0. The molecule has 3 amide bonds. The molecule has 0 aliphatic carbocycles. The van der Waals surface area contributed by atoms with E-state index in [1.54, 1.807) is 30.3 Å². The Morgan fingerprint density at radius 1 is 1.08 bits per heavy atom. The van der Waals surface area contributed by atoms with Crippen LogP contribution >= 0.6 is 23.2 Å². The number of carbonyl (C=O) groups excluding carboxylic acids is 2. The maximum absolute atomic E-state index is 12.4. The summed E-state index contributed by atoms with van der Waals surface area (Å²) < 4.78 is 0. The molecule has 2 aromatic rings. The van der Waals surface area contributed by atoms with Crippen LogP contribution < -0.4 is 5.32 Å². The van der Waals surface area contributed by atoms with Gasteiger partial charge in [-0.2, -0.15) is 0 Å². The van der Waals surface area contributed by atoms with E-state index in [0.717, 1.165) is 10.5 Å². The molecule has 24 heavy (non-hydrogen) atoms. The molecule has 2 aromatic carbocycles. The van der Waals surface area contributed by atoms with Crippen LogP contribution in [0.2, 0.25) is 10.0 Å². The highest BCUT2D eigenvalue weighted by atomic mass is 35.5. The van der Waals surface area contributed by atoms with Crippen LogP contribution in [0.25, 0.3) is 6.08 Å². The smallest absolute Gasteiger partial charge is 0.329 e. The Morgan fingerprint density at radius 3 is 2.46 bits per heavy atom. The number of imide groups is 1. The first-order chi connectivity index (χ1) is 11.4. The second kappa shape index (κ2) is 6.55. The number of nitrogens with one attached hydrogen (secondary N) is 1. The number of halogens is 2. The van der Waals surface area contributed by atoms with Crippen molar-refractivity contribution in [1.82, 2.24) is 10.2 Å². The van der Waals surface area contributed by atoms with Gasteiger partial charge in [-0.05, 0) is 41.5 Å². The topological polar surface area (TPSA) is 69.6 Å². The molecule has 3 rings (SSSR count). The first-order valence-corrected chi connectivity index (χ1v) is 7.77. The van der Waals surface area contributed by atoms with Gasteiger partial charge in [0, 0.05) is 5.02 Å². The minimum atomic E-state index is -0.494. The Balaban J connectivity index is 1.81. The first kappa shape index (κ1) is 16.4. The normalized spacial score (nSPS) is 15.9. The molecule has 1 fully saturated rings. The van der Waals surface area contributed by atoms with Crippen molar-refractivity contribution in [2.24, 2.45) is 0 Å². The zero-order valence-corrected chi connectivity index (χ0v) is 13.8. The number of phenolic OH excluding ortho intramolecular Hbond substituents is 1. The van der Waals surface area contributed by atoms with Crippen LogP contribution in [0.5, 0.6) is 5.75 Å². The molecule has 7 heteroatoms. The van der Waals surface area contributed by atoms with Crippen molar-refractivity contribution in [2.75, 3.05) is 0 Å². The molecule has 1 aliphatic heterocycles. The van der Waals surface area contributed by atoms with Gasteiger partial charge in [0.25, 0.3) is 5.91 Å². The third-order valence-electron chi connectivity index (χ3n) is 3.50. The van der Waals surface area contributed by atoms with Crippen LogP contribution in [-0.4, -0.2) is 21.9 Å². The lowest BCUT2D eigenvalue weighted by molar-refractivity contribution is -0.123. The Bertz CT molecular complexity index is 847. The van der Waals surface area contributed by atoms with Crippen molar-refractivity contribution in [3.8, 4) is 5.75 Å². The lowest BCUT2D eigenvalue weighted by Gasteiger charge is -2.11. The number of rotatable bonds is 3. The number of urea groups is 1. The average molecular weight is 363 g/mol. The van der Waals surface area contributed by atoms with Crippen LogP contribution in [0.4, 0.5) is 4.79 Å². The van der Waals surface area contributed by atoms with Crippen molar-refractivity contribution >= 4 is 41.2 Å². The molecule has 122 valence electrons. The third kappa shape index (κ3) is 3.37. The molecule has 0 aromatic heterocycles. The number of hydrogen-bond donors (Lipinski definition) is 2. The Kier molecular flexibility index (Phi) is 4.46. The largest absolute Gasteiger partial charge is 0.506 e. The Hall–Kier alpha value is -2.50. The van der Waals surface area contributed by atoms with E-state index >= 15 is 0 Å². The van der Waals surface area contributed by atoms with Gasteiger partial charge in [0.05, 0.1) is 11.6 Å². The number of carbonyl (C=O) groups is 2. The Labute approximate surface area is 148 Å². The van der Waals surface area contributed by atoms with Crippen molar-refractivity contribution < 1.29 is 14.7 Å². The van der Waals surface area contributed by atoms with E-state index in [2.05, 4.69) is 5.32 Å². The molecular formula is C17H12Cl2N2O3. The molecule has 1 heterocycles. The molecule has 5 nitrogen and oxygen atoms in total. The standard InChI is InChI=1S/C17H12Cl2N2O3/c18-12-4-1-10(2-5-12)9-21-16(23)14(20-17(21)24)8-11-3-6-15(22)13(19)7-11/h1-8,22H,9H2,(H,20,24). The van der Waals surface area contributed by atoms with Crippen LogP contribution in [0, 0.1) is 0 Å². The Morgan fingerprint density at radius 2 is 1.79 bits per heavy atom. The van der Waals surface area contributed by atoms with E-state index in [4.69, 9.17) is 23.2 Å². The molecule has 0 unspecified atom stereocenters. The minimum Gasteiger partial charge on any atom is -0.506 e. The van der Waals surface area contributed by atoms with Crippen molar-refractivity contribution in [1.29, 1.82) is 0 Å². The van der Waals surface area contributed by atoms with E-state index in [-0.39, 0.29) is 23.0 Å². The molecule has 1 saturated heterocycles. The predicted molar refractivity (Wildman–Crippen MR) is 91.6 cm³/mol. The van der Waals surface area contributed by atoms with E-state index in [1.807, 2.05) is 0 Å². The van der Waals surface area contributed by atoms with Gasteiger partial charge in [-0.25, -0.2) is 4.79 Å². The van der Waals surface area contributed by atoms with Gasteiger partial charge < -0.3 is 10.4 Å². The van der Waals surface area contributed by atoms with E-state index in [9.17, 15) is 14.7 Å². The molecule has 1 aliphatic rings. The summed E-state index contributed by atoms with van der Waals surface area (Å²) in [5, 5.41) is 12.7. The van der Waals surface area contributed by atoms with Crippen LogP contribution in [0.3, 0.4) is 0 Å². The monoisotopic (exact) mass is 362 g/mol. The van der Waals surface area contributed by atoms with Crippen LogP contribution in [0.15, 0.2) is 48.2 Å². The van der Waals surface area contributed by atoms with Gasteiger partial charge in [-0.15, -0.1) is 0 Å². The maximum Gasteiger partial charge on any atom is 0.329 e. The molecule has 0 saturated carbocycles. The number of amides is 3. The molecule has 0 bridgehead atoms. The van der Waals surface area contributed by atoms with Gasteiger partial charge in [0.2, 0.25) is 0 Å². The maximum atomic E-state index is 12.4. The fourth-order valence-electron chi connectivity index (χ4n) is 2.27. The molecular weight excluding hydrogens is 351 g/mol. The van der Waals surface area contributed by atoms with Gasteiger partial charge in [-0.3, -0.25) is 9.69 Å². The molecule has 0 atom stereocenters. The lowest BCUT2D eigenvalue weighted by atomic mass is 10.1. The highest BCUT2D eigenvalue weighted by molar-refractivity contribution is 6.32. The SMILES string of the molecule is O=C1NC(=Cc2ccc(O)c(Cl)c2)C(=O)N1Cc1ccc(Cl)cc1. The predicted octanol–water partition coefficient (Wildman–Crippen LogP) is 3.79. The highest BCUT2D eigenvalue weighted by Gasteiger charge is 2.33. The minimum absolute atomic E-state index is 0.0510. The number of nitrogens with zero attached hydrogens (tertiary/aromatic N) is 1. The van der Waals surface area contributed by atoms with Crippen LogP contribution in [-0.2, 0) is 11.3 Å². The summed E-state index contributed by atoms with van der Waals surface area (Å²) >= 11 is 11.7. The summed E-state index contributed by atoms with van der Waals surface area (Å²) in [6.45, 7) is 0.148. The third-order valence-corrected chi connectivity index (χ3v) is 4.05. The lowest BCUT2D eigenvalue weighted by Crippen LogP contribution is -2.30. The van der Waals surface area contributed by atoms with E-state index < -0.39 is 11.9 Å². The van der Waals surface area contributed by atoms with Crippen molar-refractivity contribution in [2.45, 2.75) is 6.54 Å². The van der Waals surface area contributed by atoms with Crippen molar-refractivity contribution in [3.05, 3.63) is 69.3 Å². The van der Waals surface area contributed by atoms with Crippen molar-refractivity contribution in [3.63, 3.8) is 0 Å². The molecule has 0 radical (unpaired) electrons. The number of hydrogen-bond acceptors (Lipinski definition) is 3. The summed E-state index contributed by atoms with van der Waals surface area (Å²) in [5.41, 5.74) is 1.53. The fourth-order valence-corrected chi connectivity index (χ4v) is 2.58. The first-order valence-electron chi connectivity index (χ1n) is 7.01. The van der Waals surface area contributed by atoms with Gasteiger partial charge in [0.15, 0.2) is 0 Å². The summed E-state index contributed by atoms with van der Waals surface area (Å²) in [6, 6.07) is 10.9. The summed E-state index contributed by atoms with van der Waals surface area (Å²) in [5.74, 6) is -0.482. The second-order valence-corrected chi connectivity index (χ2v) is 6.06. The van der Waals surface area contributed by atoms with E-state index in [0.29, 0.717) is 10.6 Å². The highest BCUT2D eigenvalue weighted by Crippen LogP contribution is 2.25. The van der Waals surface area contributed by atoms with E-state index in [1.165, 1.54) is 18.2 Å². The number of benzene rings is 2. The molecule has 0 spiro atoms. The fraction of sp³-hybridized carbons (Fsp3) is 0.0588. The average Bonchev–Trinajstić information content (AvgIpc) is 2.80. The number of phenols is 1. The van der Waals surface area contributed by atoms with Gasteiger partial charge in [0.1, 0.15) is 11.4 Å². The zero-order valence-electron chi connectivity index (χ0n) is 12.3. The molecule has 2 N–H and O–H groups in total. The quantitative estimate of drug-likeness (QED) is 0.644. The van der Waals surface area contributed by atoms with Crippen LogP contribution in [0.1, 0.15) is 11.1 Å². The summed E-state index contributed by atoms with van der Waals surface area (Å²) in [4.78, 5) is 25.6. The van der Waals surface area contributed by atoms with Gasteiger partial charge in [-0.1, -0.05) is 41.4 Å². The second-order valence-electron chi connectivity index (χ2n) is 5.22. The number of aromatic hydroxyl groups is 1.